The first-order valence-electron chi connectivity index (χ1n) is 31.7. The highest BCUT2D eigenvalue weighted by Crippen LogP contribution is 2.32. The summed E-state index contributed by atoms with van der Waals surface area (Å²) in [4.78, 5) is 113. The standard InChI is InChI=1S/C63H103FN8O14S3/c1-11-43(4)57(68-60(79)51-24-19-21-32-71(51)8)62(80)72(9)52(42(2)3)38-53(86-46(7)74)61-67-50(41-87-61)59(78)66-49(37-47-27-29-48(64)30-28-47)36-44(5)58(77)69-70-63(81)83-33-35-89-88-34-22-18-16-14-12-13-15-17-20-31-65-54(75)25-23-26-55(76)84-40-56(82-10)85-45(6)39-73/h27-30,41-45,49,51-53,56-57,73H,11-26,31-40H2,1-10H3,(H,65,75)(H,66,78)(H,68,79)(H,69,77)(H,70,81)/t43-,44-,45?,49+,51+,52+,53+,56?,57?/m0/s1. The Bertz CT molecular complexity index is 2430. The maximum atomic E-state index is 14.4. The van der Waals surface area contributed by atoms with E-state index in [1.807, 2.05) is 39.6 Å². The number of aromatic nitrogens is 1. The molecule has 1 aliphatic rings. The quantitative estimate of drug-likeness (QED) is 0.00901. The van der Waals surface area contributed by atoms with Crippen LogP contribution in [0.3, 0.4) is 0 Å². The molecule has 9 atom stereocenters. The number of halogens is 1. The van der Waals surface area contributed by atoms with Crippen LogP contribution in [0.25, 0.3) is 0 Å². The minimum absolute atomic E-state index is 0.0426. The van der Waals surface area contributed by atoms with Crippen LogP contribution in [0.5, 0.6) is 0 Å². The van der Waals surface area contributed by atoms with Gasteiger partial charge < -0.3 is 49.6 Å². The first-order valence-corrected chi connectivity index (χ1v) is 35.1. The van der Waals surface area contributed by atoms with Crippen molar-refractivity contribution in [2.24, 2.45) is 17.8 Å². The molecule has 6 N–H and O–H groups in total. The number of piperidine rings is 1. The smallest absolute Gasteiger partial charge is 0.426 e. The Morgan fingerprint density at radius 2 is 1.53 bits per heavy atom. The van der Waals surface area contributed by atoms with Crippen LogP contribution in [0.4, 0.5) is 9.18 Å². The van der Waals surface area contributed by atoms with Gasteiger partial charge in [-0.05, 0) is 95.0 Å². The second-order valence-corrected chi connectivity index (χ2v) is 27.0. The molecular formula is C63H103FN8O14S3. The Morgan fingerprint density at radius 3 is 2.17 bits per heavy atom. The number of hydrogen-bond acceptors (Lipinski definition) is 19. The van der Waals surface area contributed by atoms with Crippen molar-refractivity contribution in [3.63, 3.8) is 0 Å². The summed E-state index contributed by atoms with van der Waals surface area (Å²) < 4.78 is 40.7. The predicted molar refractivity (Wildman–Crippen MR) is 345 cm³/mol. The van der Waals surface area contributed by atoms with E-state index in [0.717, 1.165) is 87.8 Å². The monoisotopic (exact) mass is 1310 g/mol. The average molecular weight is 1310 g/mol. The molecule has 1 aromatic heterocycles. The molecule has 1 fully saturated rings. The molecule has 1 aliphatic heterocycles. The van der Waals surface area contributed by atoms with Gasteiger partial charge in [0.15, 0.2) is 12.4 Å². The average Bonchev–Trinajstić information content (AvgIpc) is 4.04. The number of likely N-dealkylation sites (tertiary alicyclic amines) is 1. The van der Waals surface area contributed by atoms with Gasteiger partial charge in [-0.3, -0.25) is 43.9 Å². The molecule has 2 heterocycles. The predicted octanol–water partition coefficient (Wildman–Crippen LogP) is 8.99. The molecule has 0 radical (unpaired) electrons. The molecule has 0 aliphatic carbocycles. The highest BCUT2D eigenvalue weighted by Gasteiger charge is 2.38. The van der Waals surface area contributed by atoms with E-state index < -0.39 is 78.2 Å². The molecule has 0 saturated carbocycles. The van der Waals surface area contributed by atoms with E-state index in [1.165, 1.54) is 39.0 Å². The number of ether oxygens (including phenoxy) is 5. The maximum Gasteiger partial charge on any atom is 0.426 e. The molecule has 3 unspecified atom stereocenters. The van der Waals surface area contributed by atoms with Gasteiger partial charge in [0.1, 0.15) is 35.8 Å². The summed E-state index contributed by atoms with van der Waals surface area (Å²) in [6.07, 6.45) is 11.6. The lowest BCUT2D eigenvalue weighted by molar-refractivity contribution is -0.191. The summed E-state index contributed by atoms with van der Waals surface area (Å²) in [6, 6.07) is 3.61. The summed E-state index contributed by atoms with van der Waals surface area (Å²) in [5, 5.41) is 20.0. The third-order valence-corrected chi connectivity index (χ3v) is 19.0. The zero-order valence-electron chi connectivity index (χ0n) is 54.2. The van der Waals surface area contributed by atoms with E-state index in [4.69, 9.17) is 28.8 Å². The fourth-order valence-corrected chi connectivity index (χ4v) is 13.0. The van der Waals surface area contributed by atoms with Gasteiger partial charge in [-0.25, -0.2) is 19.6 Å². The fourth-order valence-electron chi connectivity index (χ4n) is 10.1. The van der Waals surface area contributed by atoms with Gasteiger partial charge >= 0.3 is 18.0 Å². The number of esters is 2. The molecule has 1 saturated heterocycles. The molecule has 2 aromatic rings. The van der Waals surface area contributed by atoms with Crippen molar-refractivity contribution in [3.8, 4) is 0 Å². The van der Waals surface area contributed by atoms with Gasteiger partial charge in [0, 0.05) is 81.8 Å². The molecule has 504 valence electrons. The van der Waals surface area contributed by atoms with Gasteiger partial charge in [0.2, 0.25) is 23.6 Å². The number of aliphatic hydroxyl groups is 1. The first-order chi connectivity index (χ1) is 42.6. The van der Waals surface area contributed by atoms with Crippen molar-refractivity contribution >= 4 is 80.5 Å². The minimum atomic E-state index is -0.923. The van der Waals surface area contributed by atoms with Crippen molar-refractivity contribution in [2.45, 2.75) is 213 Å². The number of carbonyl (C=O) groups is 8. The number of hydrogen-bond donors (Lipinski definition) is 6. The lowest BCUT2D eigenvalue weighted by Crippen LogP contribution is -2.58. The third-order valence-electron chi connectivity index (χ3n) is 15.6. The van der Waals surface area contributed by atoms with E-state index in [0.29, 0.717) is 35.7 Å². The normalized spacial score (nSPS) is 16.1. The number of carbonyl (C=O) groups excluding carboxylic acids is 8. The number of rotatable bonds is 44. The summed E-state index contributed by atoms with van der Waals surface area (Å²) >= 11 is 1.13. The fraction of sp³-hybridized carbons (Fsp3) is 0.730. The topological polar surface area (TPSA) is 282 Å². The highest BCUT2D eigenvalue weighted by molar-refractivity contribution is 8.76. The molecule has 0 bridgehead atoms. The zero-order chi connectivity index (χ0) is 65.7. The van der Waals surface area contributed by atoms with Crippen LogP contribution in [0.1, 0.15) is 191 Å². The van der Waals surface area contributed by atoms with E-state index in [2.05, 4.69) is 31.8 Å². The largest absolute Gasteiger partial charge is 0.460 e. The van der Waals surface area contributed by atoms with Crippen molar-refractivity contribution in [1.29, 1.82) is 0 Å². The van der Waals surface area contributed by atoms with Crippen LogP contribution < -0.4 is 26.8 Å². The lowest BCUT2D eigenvalue weighted by Gasteiger charge is -2.38. The number of unbranched alkanes of at least 4 members (excludes halogenated alkanes) is 8. The Kier molecular flexibility index (Phi) is 39.0. The molecule has 0 spiro atoms. The lowest BCUT2D eigenvalue weighted by atomic mass is 9.92. The number of thiazole rings is 1. The van der Waals surface area contributed by atoms with Gasteiger partial charge in [-0.1, -0.05) is 126 Å². The van der Waals surface area contributed by atoms with Crippen LogP contribution in [0.2, 0.25) is 0 Å². The molecule has 26 heteroatoms. The first kappa shape index (κ1) is 78.1. The van der Waals surface area contributed by atoms with Crippen LogP contribution in [0, 0.1) is 23.6 Å². The van der Waals surface area contributed by atoms with Crippen LogP contribution in [-0.4, -0.2) is 170 Å². The van der Waals surface area contributed by atoms with E-state index in [1.54, 1.807) is 64.9 Å². The second kappa shape index (κ2) is 44.4. The molecule has 1 aromatic carbocycles. The Hall–Kier alpha value is -5.12. The minimum Gasteiger partial charge on any atom is -0.460 e. The second-order valence-electron chi connectivity index (χ2n) is 23.4. The molecule has 3 rings (SSSR count). The number of aliphatic hydroxyl groups excluding tert-OH is 1. The van der Waals surface area contributed by atoms with Gasteiger partial charge in [0.05, 0.1) is 18.8 Å². The Balaban J connectivity index is 1.37. The van der Waals surface area contributed by atoms with Crippen molar-refractivity contribution in [3.05, 3.63) is 51.7 Å². The molecular weight excluding hydrogens is 1210 g/mol. The van der Waals surface area contributed by atoms with E-state index in [9.17, 15) is 42.7 Å². The third kappa shape index (κ3) is 31.7. The molecule has 89 heavy (non-hydrogen) atoms. The summed E-state index contributed by atoms with van der Waals surface area (Å²) in [5.74, 6) is -2.48. The van der Waals surface area contributed by atoms with Crippen molar-refractivity contribution < 1.29 is 71.5 Å². The number of nitrogens with one attached hydrogen (secondary N) is 5. The Labute approximate surface area is 539 Å². The van der Waals surface area contributed by atoms with Gasteiger partial charge in [-0.15, -0.1) is 11.3 Å². The SMILES string of the molecule is CC[C@H](C)C(NC(=O)[C@H]1CCCCN1C)C(=O)N(C)[C@H](C[C@@H](OC(C)=O)c1nc(C(=O)N[C@@H](Cc2ccc(F)cc2)C[C@H](C)C(=O)NNC(=O)OCCSSCCCCCCCCCCCNC(=O)CCCC(=O)OCC(OC)OC(C)CO)cs1)C(C)C. The number of nitrogens with zero attached hydrogens (tertiary/aromatic N) is 3. The molecule has 22 nitrogen and oxygen atoms in total. The number of likely N-dealkylation sites (N-methyl/N-ethyl adjacent to an activating group) is 2. The zero-order valence-corrected chi connectivity index (χ0v) is 56.7. The summed E-state index contributed by atoms with van der Waals surface area (Å²) in [5.41, 5.74) is 5.46. The number of benzene rings is 1. The highest BCUT2D eigenvalue weighted by atomic mass is 33.1. The Morgan fingerprint density at radius 1 is 0.854 bits per heavy atom. The number of methoxy groups -OCH3 is 1. The van der Waals surface area contributed by atoms with E-state index in [-0.39, 0.29) is 93.2 Å². The molecule has 6 amide bonds. The van der Waals surface area contributed by atoms with Gasteiger partial charge in [-0.2, -0.15) is 0 Å². The van der Waals surface area contributed by atoms with Crippen molar-refractivity contribution in [1.82, 2.24) is 41.6 Å². The van der Waals surface area contributed by atoms with E-state index >= 15 is 0 Å². The number of hydrazine groups is 1. The summed E-state index contributed by atoms with van der Waals surface area (Å²) in [6.45, 7) is 13.7. The number of amides is 6. The van der Waals surface area contributed by atoms with Crippen LogP contribution in [0.15, 0.2) is 29.6 Å². The van der Waals surface area contributed by atoms with Crippen molar-refractivity contribution in [2.75, 3.05) is 65.6 Å². The summed E-state index contributed by atoms with van der Waals surface area (Å²) in [7, 11) is 8.38. The van der Waals surface area contributed by atoms with Gasteiger partial charge in [0.25, 0.3) is 5.91 Å². The van der Waals surface area contributed by atoms with Crippen LogP contribution in [-0.2, 0) is 58.9 Å². The maximum absolute atomic E-state index is 14.4. The van der Waals surface area contributed by atoms with Crippen LogP contribution >= 0.6 is 32.9 Å².